The highest BCUT2D eigenvalue weighted by molar-refractivity contribution is 5.44. The molecule has 1 unspecified atom stereocenters. The Kier molecular flexibility index (Phi) is 5.97. The molecule has 1 aromatic rings. The average molecular weight is 246 g/mol. The molecular weight excluding hydrogens is 220 g/mol. The minimum absolute atomic E-state index is 0.561. The van der Waals surface area contributed by atoms with Crippen molar-refractivity contribution in [3.05, 3.63) is 41.0 Å². The van der Waals surface area contributed by atoms with E-state index in [9.17, 15) is 0 Å². The van der Waals surface area contributed by atoms with Gasteiger partial charge in [0.2, 0.25) is 0 Å². The van der Waals surface area contributed by atoms with Gasteiger partial charge in [0.25, 0.3) is 0 Å². The smallest absolute Gasteiger partial charge is 0.125 e. The van der Waals surface area contributed by atoms with Gasteiger partial charge in [-0.1, -0.05) is 43.7 Å². The van der Waals surface area contributed by atoms with Crippen molar-refractivity contribution in [2.45, 2.75) is 47.5 Å². The van der Waals surface area contributed by atoms with Gasteiger partial charge in [-0.15, -0.1) is 0 Å². The van der Waals surface area contributed by atoms with E-state index in [1.165, 1.54) is 16.7 Å². The molecule has 0 spiro atoms. The molecule has 0 aliphatic carbocycles. The molecule has 0 radical (unpaired) electrons. The normalized spacial score (nSPS) is 12.9. The summed E-state index contributed by atoms with van der Waals surface area (Å²) >= 11 is 0. The molecule has 0 saturated carbocycles. The van der Waals surface area contributed by atoms with E-state index in [-0.39, 0.29) is 0 Å². The number of rotatable bonds is 6. The Morgan fingerprint density at radius 2 is 1.94 bits per heavy atom. The van der Waals surface area contributed by atoms with E-state index in [4.69, 9.17) is 4.74 Å². The first-order chi connectivity index (χ1) is 8.58. The maximum absolute atomic E-state index is 5.80. The van der Waals surface area contributed by atoms with Gasteiger partial charge in [0.15, 0.2) is 0 Å². The van der Waals surface area contributed by atoms with Crippen LogP contribution in [0, 0.1) is 19.8 Å². The van der Waals surface area contributed by atoms with Crippen molar-refractivity contribution >= 4 is 0 Å². The standard InChI is InChI=1S/C17H26O/c1-6-8-9-13(3)11-16-12-14(4)10-15(5)17(16)18-7-2/h8-10,12-13H,6-7,11H2,1-5H3/b9-8-. The van der Waals surface area contributed by atoms with Crippen molar-refractivity contribution in [1.29, 1.82) is 0 Å². The van der Waals surface area contributed by atoms with Crippen LogP contribution in [-0.4, -0.2) is 6.61 Å². The number of hydrogen-bond donors (Lipinski definition) is 0. The van der Waals surface area contributed by atoms with Gasteiger partial charge in [-0.25, -0.2) is 0 Å². The van der Waals surface area contributed by atoms with Crippen molar-refractivity contribution in [3.8, 4) is 5.75 Å². The van der Waals surface area contributed by atoms with Crippen molar-refractivity contribution in [3.63, 3.8) is 0 Å². The van der Waals surface area contributed by atoms with Crippen LogP contribution in [0.15, 0.2) is 24.3 Å². The van der Waals surface area contributed by atoms with Crippen molar-refractivity contribution in [2.75, 3.05) is 6.61 Å². The molecule has 0 saturated heterocycles. The fraction of sp³-hybridized carbons (Fsp3) is 0.529. The second-order valence-corrected chi connectivity index (χ2v) is 5.02. The molecule has 18 heavy (non-hydrogen) atoms. The van der Waals surface area contributed by atoms with Crippen LogP contribution in [-0.2, 0) is 6.42 Å². The zero-order chi connectivity index (χ0) is 13.5. The highest BCUT2D eigenvalue weighted by atomic mass is 16.5. The molecule has 0 heterocycles. The summed E-state index contributed by atoms with van der Waals surface area (Å²) in [6.07, 6.45) is 6.70. The summed E-state index contributed by atoms with van der Waals surface area (Å²) in [5.41, 5.74) is 3.90. The van der Waals surface area contributed by atoms with Crippen molar-refractivity contribution in [2.24, 2.45) is 5.92 Å². The Hall–Kier alpha value is -1.24. The summed E-state index contributed by atoms with van der Waals surface area (Å²) in [7, 11) is 0. The van der Waals surface area contributed by atoms with Crippen molar-refractivity contribution < 1.29 is 4.74 Å². The zero-order valence-corrected chi connectivity index (χ0v) is 12.4. The monoisotopic (exact) mass is 246 g/mol. The lowest BCUT2D eigenvalue weighted by molar-refractivity contribution is 0.333. The molecule has 1 atom stereocenters. The van der Waals surface area contributed by atoms with Gasteiger partial charge in [0.1, 0.15) is 5.75 Å². The van der Waals surface area contributed by atoms with Crippen LogP contribution in [0.3, 0.4) is 0 Å². The second-order valence-electron chi connectivity index (χ2n) is 5.02. The first-order valence-electron chi connectivity index (χ1n) is 6.98. The zero-order valence-electron chi connectivity index (χ0n) is 12.4. The molecule has 1 rings (SSSR count). The van der Waals surface area contributed by atoms with Crippen LogP contribution in [0.1, 0.15) is 43.9 Å². The molecule has 1 aromatic carbocycles. The van der Waals surface area contributed by atoms with Gasteiger partial charge in [0, 0.05) is 0 Å². The number of allylic oxidation sites excluding steroid dienone is 2. The summed E-state index contributed by atoms with van der Waals surface area (Å²) in [4.78, 5) is 0. The van der Waals surface area contributed by atoms with Crippen molar-refractivity contribution in [1.82, 2.24) is 0 Å². The van der Waals surface area contributed by atoms with Gasteiger partial charge < -0.3 is 4.74 Å². The molecule has 0 fully saturated rings. The quantitative estimate of drug-likeness (QED) is 0.652. The third-order valence-electron chi connectivity index (χ3n) is 3.03. The molecule has 0 aliphatic rings. The highest BCUT2D eigenvalue weighted by Gasteiger charge is 2.10. The predicted molar refractivity (Wildman–Crippen MR) is 79.4 cm³/mol. The van der Waals surface area contributed by atoms with E-state index in [1.807, 2.05) is 6.92 Å². The second kappa shape index (κ2) is 7.25. The maximum Gasteiger partial charge on any atom is 0.125 e. The SMILES string of the molecule is CC/C=C\C(C)Cc1cc(C)cc(C)c1OCC. The molecule has 1 nitrogen and oxygen atoms in total. The van der Waals surface area contributed by atoms with Crippen LogP contribution in [0.25, 0.3) is 0 Å². The van der Waals surface area contributed by atoms with Gasteiger partial charge in [-0.2, -0.15) is 0 Å². The molecular formula is C17H26O. The molecule has 0 aliphatic heterocycles. The minimum atomic E-state index is 0.561. The van der Waals surface area contributed by atoms with Gasteiger partial charge >= 0.3 is 0 Å². The van der Waals surface area contributed by atoms with Gasteiger partial charge in [0.05, 0.1) is 6.61 Å². The number of hydrogen-bond acceptors (Lipinski definition) is 1. The van der Waals surface area contributed by atoms with E-state index >= 15 is 0 Å². The van der Waals surface area contributed by atoms with Crippen LogP contribution in [0.4, 0.5) is 0 Å². The van der Waals surface area contributed by atoms with E-state index in [0.717, 1.165) is 25.2 Å². The number of benzene rings is 1. The van der Waals surface area contributed by atoms with E-state index in [0.29, 0.717) is 5.92 Å². The lowest BCUT2D eigenvalue weighted by Crippen LogP contribution is -2.03. The predicted octanol–water partition coefficient (Wildman–Crippen LogP) is 4.85. The number of ether oxygens (including phenoxy) is 1. The van der Waals surface area contributed by atoms with Gasteiger partial charge in [-0.05, 0) is 50.7 Å². The summed E-state index contributed by atoms with van der Waals surface area (Å²) in [5.74, 6) is 1.64. The topological polar surface area (TPSA) is 9.23 Å². The largest absolute Gasteiger partial charge is 0.493 e. The third-order valence-corrected chi connectivity index (χ3v) is 3.03. The maximum atomic E-state index is 5.80. The van der Waals surface area contributed by atoms with Crippen LogP contribution in [0.5, 0.6) is 5.75 Å². The summed E-state index contributed by atoms with van der Waals surface area (Å²) < 4.78 is 5.80. The Balaban J connectivity index is 2.95. The molecule has 100 valence electrons. The fourth-order valence-corrected chi connectivity index (χ4v) is 2.33. The fourth-order valence-electron chi connectivity index (χ4n) is 2.33. The summed E-state index contributed by atoms with van der Waals surface area (Å²) in [6.45, 7) is 11.5. The van der Waals surface area contributed by atoms with E-state index < -0.39 is 0 Å². The van der Waals surface area contributed by atoms with Gasteiger partial charge in [-0.3, -0.25) is 0 Å². The minimum Gasteiger partial charge on any atom is -0.493 e. The molecule has 0 bridgehead atoms. The lowest BCUT2D eigenvalue weighted by Gasteiger charge is -2.16. The first kappa shape index (κ1) is 14.8. The molecule has 0 N–H and O–H groups in total. The lowest BCUT2D eigenvalue weighted by atomic mass is 9.96. The first-order valence-corrected chi connectivity index (χ1v) is 6.98. The van der Waals surface area contributed by atoms with E-state index in [2.05, 4.69) is 52.0 Å². The van der Waals surface area contributed by atoms with E-state index in [1.54, 1.807) is 0 Å². The van der Waals surface area contributed by atoms with Crippen LogP contribution >= 0.6 is 0 Å². The molecule has 0 aromatic heterocycles. The average Bonchev–Trinajstić information content (AvgIpc) is 2.31. The Bertz CT molecular complexity index is 404. The Morgan fingerprint density at radius 1 is 1.22 bits per heavy atom. The summed E-state index contributed by atoms with van der Waals surface area (Å²) in [5, 5.41) is 0. The molecule has 0 amide bonds. The highest BCUT2D eigenvalue weighted by Crippen LogP contribution is 2.28. The van der Waals surface area contributed by atoms with Crippen LogP contribution in [0.2, 0.25) is 0 Å². The summed E-state index contributed by atoms with van der Waals surface area (Å²) in [6, 6.07) is 4.45. The Labute approximate surface area is 112 Å². The molecule has 1 heteroatoms. The Morgan fingerprint density at radius 3 is 2.56 bits per heavy atom. The third kappa shape index (κ3) is 4.21. The number of aryl methyl sites for hydroxylation is 2. The van der Waals surface area contributed by atoms with Crippen LogP contribution < -0.4 is 4.74 Å².